The Hall–Kier alpha value is -2.92. The summed E-state index contributed by atoms with van der Waals surface area (Å²) in [5, 5.41) is 8.06. The van der Waals surface area contributed by atoms with Crippen LogP contribution >= 0.6 is 11.6 Å². The molecule has 1 amide bonds. The van der Waals surface area contributed by atoms with Gasteiger partial charge in [-0.25, -0.2) is 4.68 Å². The van der Waals surface area contributed by atoms with Crippen molar-refractivity contribution in [2.45, 2.75) is 33.1 Å². The number of carbonyl (C=O) groups excluding carboxylic acids is 2. The van der Waals surface area contributed by atoms with Gasteiger partial charge in [-0.15, -0.1) is 0 Å². The largest absolute Gasteiger partial charge is 0.310 e. The van der Waals surface area contributed by atoms with Crippen molar-refractivity contribution in [3.05, 3.63) is 75.4 Å². The molecule has 0 bridgehead atoms. The Kier molecular flexibility index (Phi) is 4.55. The minimum Gasteiger partial charge on any atom is -0.310 e. The lowest BCUT2D eigenvalue weighted by atomic mass is 9.85. The highest BCUT2D eigenvalue weighted by Crippen LogP contribution is 2.38. The van der Waals surface area contributed by atoms with E-state index in [9.17, 15) is 9.59 Å². The number of nitrogens with zero attached hydrogens (tertiary/aromatic N) is 2. The van der Waals surface area contributed by atoms with E-state index < -0.39 is 5.92 Å². The standard InChI is InChI=1S/C22H20ClN3O2/c1-12-7-13(2)9-17(8-12)26-22-20(14(3)25-26)18(11-19(27)24-22)21(28)15-5-4-6-16(23)10-15/h4-10,18H,11H2,1-3H3,(H,24,27). The Morgan fingerprint density at radius 1 is 1.14 bits per heavy atom. The number of amides is 1. The molecular weight excluding hydrogens is 374 g/mol. The van der Waals surface area contributed by atoms with Gasteiger partial charge in [-0.3, -0.25) is 9.59 Å². The molecule has 0 spiro atoms. The van der Waals surface area contributed by atoms with Crippen LogP contribution in [0.15, 0.2) is 42.5 Å². The number of benzene rings is 2. The Bertz CT molecular complexity index is 1100. The Labute approximate surface area is 168 Å². The lowest BCUT2D eigenvalue weighted by Crippen LogP contribution is -2.28. The molecule has 0 saturated heterocycles. The third-order valence-corrected chi connectivity index (χ3v) is 5.21. The van der Waals surface area contributed by atoms with Crippen LogP contribution in [-0.4, -0.2) is 21.5 Å². The molecule has 28 heavy (non-hydrogen) atoms. The smallest absolute Gasteiger partial charge is 0.226 e. The van der Waals surface area contributed by atoms with Crippen molar-refractivity contribution in [2.75, 3.05) is 5.32 Å². The van der Waals surface area contributed by atoms with E-state index in [-0.39, 0.29) is 18.1 Å². The van der Waals surface area contributed by atoms with Crippen LogP contribution in [0.5, 0.6) is 0 Å². The van der Waals surface area contributed by atoms with E-state index in [1.54, 1.807) is 28.9 Å². The minimum atomic E-state index is -0.582. The lowest BCUT2D eigenvalue weighted by Gasteiger charge is -2.23. The topological polar surface area (TPSA) is 64.0 Å². The molecule has 0 fully saturated rings. The highest BCUT2D eigenvalue weighted by molar-refractivity contribution is 6.31. The first-order chi connectivity index (χ1) is 13.3. The molecule has 0 aliphatic carbocycles. The summed E-state index contributed by atoms with van der Waals surface area (Å²) in [6, 6.07) is 12.9. The molecule has 142 valence electrons. The van der Waals surface area contributed by atoms with E-state index in [1.165, 1.54) is 0 Å². The average molecular weight is 394 g/mol. The molecule has 2 heterocycles. The number of nitrogens with one attached hydrogen (secondary N) is 1. The molecule has 5 nitrogen and oxygen atoms in total. The van der Waals surface area contributed by atoms with Gasteiger partial charge in [-0.2, -0.15) is 5.10 Å². The fourth-order valence-corrected chi connectivity index (χ4v) is 4.06. The summed E-state index contributed by atoms with van der Waals surface area (Å²) >= 11 is 6.05. The molecule has 6 heteroatoms. The fraction of sp³-hybridized carbons (Fsp3) is 0.227. The van der Waals surface area contributed by atoms with Crippen LogP contribution in [0, 0.1) is 20.8 Å². The molecule has 1 N–H and O–H groups in total. The van der Waals surface area contributed by atoms with E-state index >= 15 is 0 Å². The van der Waals surface area contributed by atoms with Gasteiger partial charge in [-0.1, -0.05) is 29.8 Å². The maximum absolute atomic E-state index is 13.2. The van der Waals surface area contributed by atoms with Crippen LogP contribution < -0.4 is 5.32 Å². The molecule has 1 aliphatic heterocycles. The van der Waals surface area contributed by atoms with Gasteiger partial charge in [0.15, 0.2) is 5.78 Å². The first-order valence-electron chi connectivity index (χ1n) is 9.11. The minimum absolute atomic E-state index is 0.0950. The Morgan fingerprint density at radius 2 is 1.86 bits per heavy atom. The summed E-state index contributed by atoms with van der Waals surface area (Å²) in [5.74, 6) is -0.332. The second-order valence-electron chi connectivity index (χ2n) is 7.28. The molecule has 0 saturated carbocycles. The zero-order chi connectivity index (χ0) is 20.0. The molecular formula is C22H20ClN3O2. The number of hydrogen-bond acceptors (Lipinski definition) is 3. The second kappa shape index (κ2) is 6.91. The number of carbonyl (C=O) groups is 2. The van der Waals surface area contributed by atoms with Crippen molar-refractivity contribution in [3.63, 3.8) is 0 Å². The number of anilines is 1. The van der Waals surface area contributed by atoms with Gasteiger partial charge in [0.2, 0.25) is 5.91 Å². The van der Waals surface area contributed by atoms with Crippen LogP contribution in [-0.2, 0) is 4.79 Å². The maximum Gasteiger partial charge on any atom is 0.226 e. The lowest BCUT2D eigenvalue weighted by molar-refractivity contribution is -0.116. The number of hydrogen-bond donors (Lipinski definition) is 1. The highest BCUT2D eigenvalue weighted by atomic mass is 35.5. The fourth-order valence-electron chi connectivity index (χ4n) is 3.87. The van der Waals surface area contributed by atoms with E-state index in [1.807, 2.05) is 32.9 Å². The molecule has 1 aliphatic rings. The summed E-state index contributed by atoms with van der Waals surface area (Å²) in [6.45, 7) is 5.90. The Morgan fingerprint density at radius 3 is 2.54 bits per heavy atom. The van der Waals surface area contributed by atoms with E-state index in [2.05, 4.69) is 16.5 Å². The van der Waals surface area contributed by atoms with E-state index in [0.29, 0.717) is 16.4 Å². The third kappa shape index (κ3) is 3.22. The van der Waals surface area contributed by atoms with Gasteiger partial charge in [0.1, 0.15) is 5.82 Å². The number of aryl methyl sites for hydroxylation is 3. The number of Topliss-reactive ketones (excluding diaryl/α,β-unsaturated/α-hetero) is 1. The Balaban J connectivity index is 1.84. The molecule has 1 aromatic heterocycles. The number of ketones is 1. The summed E-state index contributed by atoms with van der Waals surface area (Å²) < 4.78 is 1.72. The summed E-state index contributed by atoms with van der Waals surface area (Å²) in [4.78, 5) is 25.6. The predicted molar refractivity (Wildman–Crippen MR) is 110 cm³/mol. The van der Waals surface area contributed by atoms with Crippen LogP contribution in [0.4, 0.5) is 5.82 Å². The van der Waals surface area contributed by atoms with Gasteiger partial charge in [0.05, 0.1) is 17.3 Å². The molecule has 1 atom stereocenters. The number of halogens is 1. The van der Waals surface area contributed by atoms with Gasteiger partial charge in [0.25, 0.3) is 0 Å². The zero-order valence-corrected chi connectivity index (χ0v) is 16.7. The number of fused-ring (bicyclic) bond motifs is 1. The highest BCUT2D eigenvalue weighted by Gasteiger charge is 2.36. The third-order valence-electron chi connectivity index (χ3n) is 4.98. The second-order valence-corrected chi connectivity index (χ2v) is 7.72. The first kappa shape index (κ1) is 18.4. The van der Waals surface area contributed by atoms with Gasteiger partial charge < -0.3 is 5.32 Å². The van der Waals surface area contributed by atoms with Gasteiger partial charge in [-0.05, 0) is 56.2 Å². The first-order valence-corrected chi connectivity index (χ1v) is 9.49. The van der Waals surface area contributed by atoms with Crippen molar-refractivity contribution < 1.29 is 9.59 Å². The van der Waals surface area contributed by atoms with Crippen molar-refractivity contribution in [1.29, 1.82) is 0 Å². The van der Waals surface area contributed by atoms with Crippen molar-refractivity contribution in [2.24, 2.45) is 0 Å². The van der Waals surface area contributed by atoms with E-state index in [4.69, 9.17) is 11.6 Å². The van der Waals surface area contributed by atoms with Crippen molar-refractivity contribution in [1.82, 2.24) is 9.78 Å². The van der Waals surface area contributed by atoms with E-state index in [0.717, 1.165) is 28.1 Å². The number of rotatable bonds is 3. The average Bonchev–Trinajstić information content (AvgIpc) is 2.96. The summed E-state index contributed by atoms with van der Waals surface area (Å²) in [6.07, 6.45) is 0.0950. The normalized spacial score (nSPS) is 15.9. The monoisotopic (exact) mass is 393 g/mol. The van der Waals surface area contributed by atoms with Crippen LogP contribution in [0.3, 0.4) is 0 Å². The molecule has 3 aromatic rings. The van der Waals surface area contributed by atoms with Gasteiger partial charge in [0, 0.05) is 22.6 Å². The molecule has 0 radical (unpaired) electrons. The van der Waals surface area contributed by atoms with Crippen molar-refractivity contribution >= 4 is 29.1 Å². The van der Waals surface area contributed by atoms with Crippen molar-refractivity contribution in [3.8, 4) is 5.69 Å². The SMILES string of the molecule is Cc1cc(C)cc(-n2nc(C)c3c2NC(=O)CC3C(=O)c2cccc(Cl)c2)c1. The zero-order valence-electron chi connectivity index (χ0n) is 15.9. The molecule has 4 rings (SSSR count). The maximum atomic E-state index is 13.2. The predicted octanol–water partition coefficient (Wildman–Crippen LogP) is 4.76. The molecule has 1 unspecified atom stereocenters. The van der Waals surface area contributed by atoms with Crippen LogP contribution in [0.2, 0.25) is 5.02 Å². The summed E-state index contributed by atoms with van der Waals surface area (Å²) in [7, 11) is 0. The van der Waals surface area contributed by atoms with Crippen LogP contribution in [0.25, 0.3) is 5.69 Å². The quantitative estimate of drug-likeness (QED) is 0.652. The van der Waals surface area contributed by atoms with Crippen LogP contribution in [0.1, 0.15) is 45.1 Å². The molecule has 2 aromatic carbocycles. The number of aromatic nitrogens is 2. The summed E-state index contributed by atoms with van der Waals surface area (Å²) in [5.41, 5.74) is 5.06. The van der Waals surface area contributed by atoms with Gasteiger partial charge >= 0.3 is 0 Å².